The van der Waals surface area contributed by atoms with Gasteiger partial charge in [0.05, 0.1) is 6.67 Å². The van der Waals surface area contributed by atoms with Crippen molar-refractivity contribution in [3.8, 4) is 0 Å². The summed E-state index contributed by atoms with van der Waals surface area (Å²) in [6.45, 7) is 3.43. The zero-order chi connectivity index (χ0) is 23.4. The Kier molecular flexibility index (Phi) is 6.63. The van der Waals surface area contributed by atoms with E-state index in [1.165, 1.54) is 5.56 Å². The number of anilines is 1. The van der Waals surface area contributed by atoms with Crippen LogP contribution in [0.15, 0.2) is 84.9 Å². The quantitative estimate of drug-likeness (QED) is 0.532. The van der Waals surface area contributed by atoms with Gasteiger partial charge in [-0.1, -0.05) is 60.7 Å². The van der Waals surface area contributed by atoms with Gasteiger partial charge in [-0.25, -0.2) is 4.39 Å². The zero-order valence-electron chi connectivity index (χ0n) is 19.5. The summed E-state index contributed by atoms with van der Waals surface area (Å²) in [5.41, 5.74) is 3.11. The molecule has 0 radical (unpaired) electrons. The van der Waals surface area contributed by atoms with Gasteiger partial charge in [0.25, 0.3) is 0 Å². The molecule has 2 saturated heterocycles. The third-order valence-corrected chi connectivity index (χ3v) is 7.53. The van der Waals surface area contributed by atoms with E-state index in [1.54, 1.807) is 12.1 Å². The molecule has 2 heterocycles. The highest BCUT2D eigenvalue weighted by Crippen LogP contribution is 2.36. The fraction of sp³-hybridized carbons (Fsp3) is 0.345. The number of rotatable bonds is 7. The Hall–Kier alpha value is -3.18. The number of nitrogens with one attached hydrogen (secondary N) is 1. The number of carbonyl (C=O) groups excluding carboxylic acids is 1. The second-order valence-corrected chi connectivity index (χ2v) is 9.46. The summed E-state index contributed by atoms with van der Waals surface area (Å²) in [5, 5.41) is 3.08. The van der Waals surface area contributed by atoms with E-state index in [0.29, 0.717) is 6.67 Å². The second-order valence-electron chi connectivity index (χ2n) is 9.46. The summed E-state index contributed by atoms with van der Waals surface area (Å²) in [6.07, 6.45) is 3.74. The first kappa shape index (κ1) is 22.6. The molecule has 1 atom stereocenters. The number of carbonyl (C=O) groups is 1. The first-order valence-electron chi connectivity index (χ1n) is 12.3. The van der Waals surface area contributed by atoms with E-state index < -0.39 is 5.54 Å². The summed E-state index contributed by atoms with van der Waals surface area (Å²) in [5.74, 6) is 0.224. The molecule has 2 aliphatic heterocycles. The Morgan fingerprint density at radius 2 is 1.47 bits per heavy atom. The van der Waals surface area contributed by atoms with Gasteiger partial charge in [0.15, 0.2) is 0 Å². The van der Waals surface area contributed by atoms with Crippen LogP contribution in [0.1, 0.15) is 42.7 Å². The normalized spacial score (nSPS) is 18.7. The molecule has 1 spiro atoms. The number of piperidine rings is 1. The van der Waals surface area contributed by atoms with E-state index in [4.69, 9.17) is 0 Å². The molecule has 176 valence electrons. The standard InChI is InChI=1S/C29H32FN3O/c30-25-15-13-24(14-16-25)27(23-8-3-1-4-9-23)12-7-19-32-20-17-29(18-21-32)28(34)31-22-33(29)26-10-5-2-6-11-26/h1-6,8-11,13-16,27H,7,12,17-22H2,(H,31,34). The number of benzene rings is 3. The van der Waals surface area contributed by atoms with E-state index in [0.717, 1.165) is 56.6 Å². The highest BCUT2D eigenvalue weighted by atomic mass is 19.1. The van der Waals surface area contributed by atoms with E-state index >= 15 is 0 Å². The molecule has 1 N–H and O–H groups in total. The molecule has 1 unspecified atom stereocenters. The van der Waals surface area contributed by atoms with Gasteiger partial charge in [0, 0.05) is 24.7 Å². The van der Waals surface area contributed by atoms with Crippen LogP contribution in [0.2, 0.25) is 0 Å². The molecule has 2 aliphatic rings. The zero-order valence-corrected chi connectivity index (χ0v) is 19.5. The average Bonchev–Trinajstić information content (AvgIpc) is 3.20. The van der Waals surface area contributed by atoms with Crippen LogP contribution in [-0.4, -0.2) is 42.6 Å². The van der Waals surface area contributed by atoms with Gasteiger partial charge < -0.3 is 15.1 Å². The van der Waals surface area contributed by atoms with E-state index in [-0.39, 0.29) is 17.6 Å². The predicted molar refractivity (Wildman–Crippen MR) is 134 cm³/mol. The lowest BCUT2D eigenvalue weighted by molar-refractivity contribution is -0.125. The van der Waals surface area contributed by atoms with Gasteiger partial charge in [-0.05, 0) is 67.6 Å². The molecule has 0 aromatic heterocycles. The monoisotopic (exact) mass is 457 g/mol. The van der Waals surface area contributed by atoms with Crippen molar-refractivity contribution in [2.24, 2.45) is 0 Å². The summed E-state index contributed by atoms with van der Waals surface area (Å²) >= 11 is 0. The molecule has 0 aliphatic carbocycles. The van der Waals surface area contributed by atoms with Crippen molar-refractivity contribution in [2.75, 3.05) is 31.2 Å². The minimum absolute atomic E-state index is 0.163. The van der Waals surface area contributed by atoms with Crippen LogP contribution in [0.25, 0.3) is 0 Å². The van der Waals surface area contributed by atoms with Gasteiger partial charge in [-0.15, -0.1) is 0 Å². The molecule has 3 aromatic carbocycles. The molecule has 4 nitrogen and oxygen atoms in total. The number of halogens is 1. The Balaban J connectivity index is 1.21. The fourth-order valence-corrected chi connectivity index (χ4v) is 5.60. The van der Waals surface area contributed by atoms with Crippen molar-refractivity contribution in [2.45, 2.75) is 37.1 Å². The topological polar surface area (TPSA) is 35.6 Å². The molecule has 1 amide bonds. The molecule has 5 rings (SSSR count). The van der Waals surface area contributed by atoms with Gasteiger partial charge in [-0.2, -0.15) is 0 Å². The SMILES string of the molecule is O=C1NCN(c2ccccc2)C12CCN(CCCC(c1ccccc1)c1ccc(F)cc1)CC2. The van der Waals surface area contributed by atoms with E-state index in [2.05, 4.69) is 51.5 Å². The second kappa shape index (κ2) is 9.98. The van der Waals surface area contributed by atoms with Crippen LogP contribution < -0.4 is 10.2 Å². The van der Waals surface area contributed by atoms with Crippen LogP contribution in [0.3, 0.4) is 0 Å². The van der Waals surface area contributed by atoms with Crippen molar-refractivity contribution >= 4 is 11.6 Å². The summed E-state index contributed by atoms with van der Waals surface area (Å²) in [7, 11) is 0. The number of hydrogen-bond donors (Lipinski definition) is 1. The van der Waals surface area contributed by atoms with E-state index in [1.807, 2.05) is 36.4 Å². The minimum atomic E-state index is -0.432. The van der Waals surface area contributed by atoms with Crippen LogP contribution >= 0.6 is 0 Å². The van der Waals surface area contributed by atoms with Crippen molar-refractivity contribution in [3.63, 3.8) is 0 Å². The molecule has 5 heteroatoms. The Morgan fingerprint density at radius 1 is 0.853 bits per heavy atom. The van der Waals surface area contributed by atoms with Crippen LogP contribution in [0.4, 0.5) is 10.1 Å². The number of amides is 1. The minimum Gasteiger partial charge on any atom is -0.339 e. The molecule has 2 fully saturated rings. The highest BCUT2D eigenvalue weighted by molar-refractivity contribution is 5.93. The first-order valence-corrected chi connectivity index (χ1v) is 12.3. The number of likely N-dealkylation sites (tertiary alicyclic amines) is 1. The van der Waals surface area contributed by atoms with Crippen LogP contribution in [0.5, 0.6) is 0 Å². The van der Waals surface area contributed by atoms with Crippen LogP contribution in [-0.2, 0) is 4.79 Å². The number of nitrogens with zero attached hydrogens (tertiary/aromatic N) is 2. The fourth-order valence-electron chi connectivity index (χ4n) is 5.60. The van der Waals surface area contributed by atoms with E-state index in [9.17, 15) is 9.18 Å². The third kappa shape index (κ3) is 4.58. The van der Waals surface area contributed by atoms with Crippen molar-refractivity contribution in [1.82, 2.24) is 10.2 Å². The molecule has 3 aromatic rings. The van der Waals surface area contributed by atoms with Crippen molar-refractivity contribution in [3.05, 3.63) is 102 Å². The molecule has 0 saturated carbocycles. The number of hydrogen-bond acceptors (Lipinski definition) is 3. The molecule has 0 bridgehead atoms. The first-order chi connectivity index (χ1) is 16.7. The van der Waals surface area contributed by atoms with Gasteiger partial charge in [-0.3, -0.25) is 4.79 Å². The summed E-state index contributed by atoms with van der Waals surface area (Å²) in [4.78, 5) is 17.6. The molecule has 34 heavy (non-hydrogen) atoms. The smallest absolute Gasteiger partial charge is 0.247 e. The Bertz CT molecular complexity index is 1080. The van der Waals surface area contributed by atoms with Gasteiger partial charge in [0.1, 0.15) is 11.4 Å². The maximum Gasteiger partial charge on any atom is 0.247 e. The summed E-state index contributed by atoms with van der Waals surface area (Å²) in [6, 6.07) is 27.7. The Morgan fingerprint density at radius 3 is 2.15 bits per heavy atom. The summed E-state index contributed by atoms with van der Waals surface area (Å²) < 4.78 is 13.5. The maximum absolute atomic E-state index is 13.5. The van der Waals surface area contributed by atoms with Crippen molar-refractivity contribution < 1.29 is 9.18 Å². The third-order valence-electron chi connectivity index (χ3n) is 7.53. The van der Waals surface area contributed by atoms with Crippen LogP contribution in [0, 0.1) is 5.82 Å². The maximum atomic E-state index is 13.5. The van der Waals surface area contributed by atoms with Gasteiger partial charge >= 0.3 is 0 Å². The molecular weight excluding hydrogens is 425 g/mol. The lowest BCUT2D eigenvalue weighted by atomic mass is 9.85. The van der Waals surface area contributed by atoms with Gasteiger partial charge in [0.2, 0.25) is 5.91 Å². The highest BCUT2D eigenvalue weighted by Gasteiger charge is 2.50. The van der Waals surface area contributed by atoms with Crippen molar-refractivity contribution in [1.29, 1.82) is 0 Å². The largest absolute Gasteiger partial charge is 0.339 e. The predicted octanol–water partition coefficient (Wildman–Crippen LogP) is 5.17. The lowest BCUT2D eigenvalue weighted by Gasteiger charge is -2.43. The Labute approximate surface area is 201 Å². The average molecular weight is 458 g/mol. The molecular formula is C29H32FN3O. The lowest BCUT2D eigenvalue weighted by Crippen LogP contribution is -2.56. The number of para-hydroxylation sites is 1.